The summed E-state index contributed by atoms with van der Waals surface area (Å²) >= 11 is 0. The molecule has 1 atom stereocenters. The Morgan fingerprint density at radius 1 is 0.368 bits per heavy atom. The maximum Gasteiger partial charge on any atom is 0.306 e. The van der Waals surface area contributed by atoms with Gasteiger partial charge in [0.25, 0.3) is 0 Å². The van der Waals surface area contributed by atoms with Gasteiger partial charge in [-0.3, -0.25) is 14.4 Å². The number of rotatable bonds is 38. The smallest absolute Gasteiger partial charge is 0.306 e. The van der Waals surface area contributed by atoms with Gasteiger partial charge in [-0.25, -0.2) is 0 Å². The predicted molar refractivity (Wildman–Crippen MR) is 242 cm³/mol. The molecule has 0 rings (SSSR count). The molecule has 1 unspecified atom stereocenters. The SMILES string of the molecule is CC/C=C\C/C=C\C/C=C\C/C=C\C/C=C\CCCC(=O)OCC(COC(=O)CCCCCCC)OC(=O)CCCCCC/C=C\C/C=C\C/C=C\C/C=C\CC. The second-order valence-electron chi connectivity index (χ2n) is 14.2. The maximum atomic E-state index is 12.7. The topological polar surface area (TPSA) is 78.9 Å². The summed E-state index contributed by atoms with van der Waals surface area (Å²) in [6.07, 6.45) is 59.6. The predicted octanol–water partition coefficient (Wildman–Crippen LogP) is 14.4. The largest absolute Gasteiger partial charge is 0.462 e. The van der Waals surface area contributed by atoms with Crippen LogP contribution in [-0.2, 0) is 28.6 Å². The van der Waals surface area contributed by atoms with E-state index in [-0.39, 0.29) is 44.0 Å². The van der Waals surface area contributed by atoms with Crippen LogP contribution in [0.5, 0.6) is 0 Å². The summed E-state index contributed by atoms with van der Waals surface area (Å²) in [5, 5.41) is 0. The van der Waals surface area contributed by atoms with Crippen LogP contribution in [0.1, 0.15) is 175 Å². The Balaban J connectivity index is 4.40. The first-order valence-corrected chi connectivity index (χ1v) is 22.4. The Hall–Kier alpha value is -3.93. The first kappa shape index (κ1) is 53.1. The molecule has 57 heavy (non-hydrogen) atoms. The van der Waals surface area contributed by atoms with Crippen molar-refractivity contribution in [2.45, 2.75) is 181 Å². The average molecular weight is 789 g/mol. The van der Waals surface area contributed by atoms with Crippen molar-refractivity contribution in [1.29, 1.82) is 0 Å². The van der Waals surface area contributed by atoms with Crippen molar-refractivity contribution in [3.8, 4) is 0 Å². The summed E-state index contributed by atoms with van der Waals surface area (Å²) in [6, 6.07) is 0. The minimum atomic E-state index is -0.811. The first-order valence-electron chi connectivity index (χ1n) is 22.4. The van der Waals surface area contributed by atoms with E-state index in [1.165, 1.54) is 0 Å². The Labute approximate surface area is 349 Å². The van der Waals surface area contributed by atoms with Crippen molar-refractivity contribution in [3.63, 3.8) is 0 Å². The van der Waals surface area contributed by atoms with E-state index in [4.69, 9.17) is 14.2 Å². The molecular formula is C51H80O6. The second kappa shape index (κ2) is 44.8. The third kappa shape index (κ3) is 43.0. The van der Waals surface area contributed by atoms with Crippen LogP contribution in [0.15, 0.2) is 109 Å². The van der Waals surface area contributed by atoms with Crippen molar-refractivity contribution in [3.05, 3.63) is 109 Å². The first-order chi connectivity index (χ1) is 28.0. The summed E-state index contributed by atoms with van der Waals surface area (Å²) < 4.78 is 16.5. The van der Waals surface area contributed by atoms with Crippen molar-refractivity contribution >= 4 is 17.9 Å². The zero-order chi connectivity index (χ0) is 41.5. The van der Waals surface area contributed by atoms with Gasteiger partial charge in [0, 0.05) is 19.3 Å². The molecule has 0 spiro atoms. The van der Waals surface area contributed by atoms with Gasteiger partial charge < -0.3 is 14.2 Å². The van der Waals surface area contributed by atoms with Crippen LogP contribution in [0.3, 0.4) is 0 Å². The van der Waals surface area contributed by atoms with E-state index in [1.54, 1.807) is 0 Å². The van der Waals surface area contributed by atoms with Gasteiger partial charge in [0.15, 0.2) is 6.10 Å². The molecule has 6 heteroatoms. The summed E-state index contributed by atoms with van der Waals surface area (Å²) in [7, 11) is 0. The molecule has 0 saturated heterocycles. The van der Waals surface area contributed by atoms with E-state index in [0.29, 0.717) is 12.8 Å². The molecule has 6 nitrogen and oxygen atoms in total. The molecule has 0 aromatic rings. The zero-order valence-electron chi connectivity index (χ0n) is 36.3. The number of hydrogen-bond donors (Lipinski definition) is 0. The van der Waals surface area contributed by atoms with Gasteiger partial charge in [0.2, 0.25) is 0 Å². The quantitative estimate of drug-likeness (QED) is 0.0268. The molecule has 0 aliphatic heterocycles. The number of ether oxygens (including phenoxy) is 3. The highest BCUT2D eigenvalue weighted by Crippen LogP contribution is 2.11. The molecule has 0 N–H and O–H groups in total. The number of unbranched alkanes of at least 4 members (excludes halogenated alkanes) is 9. The van der Waals surface area contributed by atoms with Crippen LogP contribution >= 0.6 is 0 Å². The van der Waals surface area contributed by atoms with Gasteiger partial charge in [0.1, 0.15) is 13.2 Å². The minimum Gasteiger partial charge on any atom is -0.462 e. The Kier molecular flexibility index (Phi) is 41.7. The van der Waals surface area contributed by atoms with E-state index >= 15 is 0 Å². The Morgan fingerprint density at radius 2 is 0.702 bits per heavy atom. The maximum absolute atomic E-state index is 12.7. The Bertz CT molecular complexity index is 1230. The second-order valence-corrected chi connectivity index (χ2v) is 14.2. The zero-order valence-corrected chi connectivity index (χ0v) is 36.3. The molecule has 0 aliphatic carbocycles. The van der Waals surface area contributed by atoms with Crippen LogP contribution in [-0.4, -0.2) is 37.2 Å². The number of carbonyl (C=O) groups is 3. The molecule has 0 amide bonds. The summed E-state index contributed by atoms with van der Waals surface area (Å²) in [5.74, 6) is -1.02. The third-order valence-electron chi connectivity index (χ3n) is 8.77. The lowest BCUT2D eigenvalue weighted by Gasteiger charge is -2.18. The number of carbonyl (C=O) groups excluding carboxylic acids is 3. The summed E-state index contributed by atoms with van der Waals surface area (Å²) in [6.45, 7) is 6.22. The van der Waals surface area contributed by atoms with Gasteiger partial charge in [-0.15, -0.1) is 0 Å². The van der Waals surface area contributed by atoms with Crippen molar-refractivity contribution in [1.82, 2.24) is 0 Å². The molecule has 0 fully saturated rings. The van der Waals surface area contributed by atoms with E-state index in [2.05, 4.69) is 130 Å². The van der Waals surface area contributed by atoms with Gasteiger partial charge in [-0.1, -0.05) is 169 Å². The molecule has 0 saturated carbocycles. The van der Waals surface area contributed by atoms with Crippen LogP contribution in [0.25, 0.3) is 0 Å². The van der Waals surface area contributed by atoms with Crippen LogP contribution < -0.4 is 0 Å². The summed E-state index contributed by atoms with van der Waals surface area (Å²) in [4.78, 5) is 37.5. The highest BCUT2D eigenvalue weighted by atomic mass is 16.6. The fraction of sp³-hybridized carbons (Fsp3) is 0.588. The van der Waals surface area contributed by atoms with Gasteiger partial charge >= 0.3 is 17.9 Å². The van der Waals surface area contributed by atoms with E-state index in [0.717, 1.165) is 128 Å². The lowest BCUT2D eigenvalue weighted by Crippen LogP contribution is -2.30. The van der Waals surface area contributed by atoms with Crippen LogP contribution in [0.2, 0.25) is 0 Å². The molecule has 0 bridgehead atoms. The fourth-order valence-corrected chi connectivity index (χ4v) is 5.47. The molecule has 0 radical (unpaired) electrons. The van der Waals surface area contributed by atoms with E-state index < -0.39 is 6.10 Å². The van der Waals surface area contributed by atoms with Crippen molar-refractivity contribution in [2.24, 2.45) is 0 Å². The monoisotopic (exact) mass is 789 g/mol. The summed E-state index contributed by atoms with van der Waals surface area (Å²) in [5.41, 5.74) is 0. The van der Waals surface area contributed by atoms with Crippen LogP contribution in [0.4, 0.5) is 0 Å². The third-order valence-corrected chi connectivity index (χ3v) is 8.77. The molecular weight excluding hydrogens is 709 g/mol. The van der Waals surface area contributed by atoms with Crippen molar-refractivity contribution < 1.29 is 28.6 Å². The number of hydrogen-bond acceptors (Lipinski definition) is 6. The lowest BCUT2D eigenvalue weighted by atomic mass is 10.1. The van der Waals surface area contributed by atoms with Crippen LogP contribution in [0, 0.1) is 0 Å². The van der Waals surface area contributed by atoms with Gasteiger partial charge in [-0.2, -0.15) is 0 Å². The number of esters is 3. The lowest BCUT2D eigenvalue weighted by molar-refractivity contribution is -0.167. The Morgan fingerprint density at radius 3 is 1.12 bits per heavy atom. The molecule has 0 heterocycles. The minimum absolute atomic E-state index is 0.109. The molecule has 0 aliphatic rings. The van der Waals surface area contributed by atoms with Gasteiger partial charge in [-0.05, 0) is 96.3 Å². The normalized spacial score (nSPS) is 13.1. The van der Waals surface area contributed by atoms with E-state index in [1.807, 2.05) is 0 Å². The fourth-order valence-electron chi connectivity index (χ4n) is 5.47. The molecule has 0 aromatic carbocycles. The molecule has 0 aromatic heterocycles. The highest BCUT2D eigenvalue weighted by molar-refractivity contribution is 5.71. The standard InChI is InChI=1S/C51H80O6/c1-4-7-10-13-15-17-19-21-23-25-27-29-31-33-35-38-41-44-50(53)56-47-48(46-55-49(52)43-40-37-12-9-6-3)57-51(54)45-42-39-36-34-32-30-28-26-24-22-20-18-16-14-11-8-5-2/h7-8,10-11,15-18,21-24,27-30,33,35,48H,4-6,9,12-14,19-20,25-26,31-32,34,36-47H2,1-3H3/b10-7-,11-8-,17-15-,18-16-,23-21-,24-22-,29-27-,30-28-,35-33-. The van der Waals surface area contributed by atoms with Crippen molar-refractivity contribution in [2.75, 3.05) is 13.2 Å². The van der Waals surface area contributed by atoms with Gasteiger partial charge in [0.05, 0.1) is 0 Å². The number of allylic oxidation sites excluding steroid dienone is 18. The average Bonchev–Trinajstić information content (AvgIpc) is 3.21. The molecule has 320 valence electrons. The highest BCUT2D eigenvalue weighted by Gasteiger charge is 2.19. The van der Waals surface area contributed by atoms with E-state index in [9.17, 15) is 14.4 Å².